The summed E-state index contributed by atoms with van der Waals surface area (Å²) in [7, 11) is 0. The molecule has 1 saturated heterocycles. The lowest BCUT2D eigenvalue weighted by Gasteiger charge is -2.22. The summed E-state index contributed by atoms with van der Waals surface area (Å²) in [5.41, 5.74) is 1.45. The first-order valence-electron chi connectivity index (χ1n) is 8.07. The lowest BCUT2D eigenvalue weighted by Crippen LogP contribution is -2.35. The van der Waals surface area contributed by atoms with Crippen molar-refractivity contribution in [1.82, 2.24) is 25.1 Å². The summed E-state index contributed by atoms with van der Waals surface area (Å²) in [6.07, 6.45) is 6.07. The van der Waals surface area contributed by atoms with Gasteiger partial charge in [-0.15, -0.1) is 5.10 Å². The van der Waals surface area contributed by atoms with Gasteiger partial charge in [0.2, 0.25) is 0 Å². The van der Waals surface area contributed by atoms with Crippen molar-refractivity contribution in [3.63, 3.8) is 0 Å². The van der Waals surface area contributed by atoms with E-state index in [0.29, 0.717) is 12.2 Å². The highest BCUT2D eigenvalue weighted by atomic mass is 16.2. The minimum Gasteiger partial charge on any atom is -0.361 e. The number of nitrogens with one attached hydrogen (secondary N) is 1. The predicted molar refractivity (Wildman–Crippen MR) is 90.9 cm³/mol. The molecular weight excluding hydrogens is 304 g/mol. The Morgan fingerprint density at radius 2 is 2.04 bits per heavy atom. The van der Waals surface area contributed by atoms with Gasteiger partial charge in [-0.1, -0.05) is 0 Å². The highest BCUT2D eigenvalue weighted by Crippen LogP contribution is 2.18. The van der Waals surface area contributed by atoms with Gasteiger partial charge in [-0.2, -0.15) is 5.10 Å². The Hall–Kier alpha value is -2.96. The molecule has 7 heteroatoms. The minimum atomic E-state index is -0.0128. The Morgan fingerprint density at radius 1 is 1.08 bits per heavy atom. The van der Waals surface area contributed by atoms with Gasteiger partial charge in [0, 0.05) is 55.7 Å². The molecular formula is C17H18N6O. The van der Waals surface area contributed by atoms with Crippen LogP contribution in [0.4, 0.5) is 5.82 Å². The fourth-order valence-corrected chi connectivity index (χ4v) is 3.11. The Bertz CT molecular complexity index is 846. The molecule has 3 aromatic rings. The number of H-pyrrole nitrogens is 1. The van der Waals surface area contributed by atoms with Crippen molar-refractivity contribution in [2.24, 2.45) is 0 Å². The number of nitrogens with zero attached hydrogens (tertiary/aromatic N) is 5. The van der Waals surface area contributed by atoms with E-state index in [0.717, 1.165) is 42.8 Å². The molecule has 4 rings (SSSR count). The van der Waals surface area contributed by atoms with Gasteiger partial charge in [0.1, 0.15) is 5.69 Å². The molecule has 0 unspecified atom stereocenters. The standard InChI is InChI=1S/C17H18N6O/c24-17(16-13-4-7-18-14(13)5-8-19-16)23-10-2-9-22(11-12-23)15-3-1-6-20-21-15/h1,3-8,18H,2,9-12H2. The molecule has 1 amide bonds. The SMILES string of the molecule is O=C(c1nccc2[nH]ccc12)N1CCCN(c2cccnn2)CC1. The molecule has 0 bridgehead atoms. The zero-order valence-corrected chi connectivity index (χ0v) is 13.2. The van der Waals surface area contributed by atoms with E-state index in [1.807, 2.05) is 35.4 Å². The number of aromatic nitrogens is 4. The average Bonchev–Trinajstić information content (AvgIpc) is 2.98. The Balaban J connectivity index is 1.53. The molecule has 1 aliphatic heterocycles. The van der Waals surface area contributed by atoms with Crippen LogP contribution in [0.5, 0.6) is 0 Å². The third-order valence-electron chi connectivity index (χ3n) is 4.35. The van der Waals surface area contributed by atoms with E-state index in [4.69, 9.17) is 0 Å². The highest BCUT2D eigenvalue weighted by molar-refractivity contribution is 6.04. The van der Waals surface area contributed by atoms with E-state index in [9.17, 15) is 4.79 Å². The maximum atomic E-state index is 12.9. The number of amides is 1. The van der Waals surface area contributed by atoms with Crippen molar-refractivity contribution in [3.05, 3.63) is 48.5 Å². The smallest absolute Gasteiger partial charge is 0.273 e. The van der Waals surface area contributed by atoms with Gasteiger partial charge in [0.15, 0.2) is 5.82 Å². The van der Waals surface area contributed by atoms with Gasteiger partial charge in [-0.25, -0.2) is 0 Å². The van der Waals surface area contributed by atoms with Crippen LogP contribution in [0.3, 0.4) is 0 Å². The van der Waals surface area contributed by atoms with Gasteiger partial charge in [0.05, 0.1) is 0 Å². The van der Waals surface area contributed by atoms with Gasteiger partial charge >= 0.3 is 0 Å². The third-order valence-corrected chi connectivity index (χ3v) is 4.35. The molecule has 3 aromatic heterocycles. The molecule has 1 N–H and O–H groups in total. The molecule has 122 valence electrons. The Labute approximate surface area is 139 Å². The average molecular weight is 322 g/mol. The number of fused-ring (bicyclic) bond motifs is 1. The second kappa shape index (κ2) is 6.27. The van der Waals surface area contributed by atoms with E-state index < -0.39 is 0 Å². The maximum Gasteiger partial charge on any atom is 0.273 e. The van der Waals surface area contributed by atoms with Crippen LogP contribution in [0.25, 0.3) is 10.9 Å². The van der Waals surface area contributed by atoms with Gasteiger partial charge in [0.25, 0.3) is 5.91 Å². The summed E-state index contributed by atoms with van der Waals surface area (Å²) in [4.78, 5) is 24.4. The Kier molecular flexibility index (Phi) is 3.82. The van der Waals surface area contributed by atoms with E-state index in [1.165, 1.54) is 0 Å². The molecule has 1 fully saturated rings. The number of hydrogen-bond donors (Lipinski definition) is 1. The van der Waals surface area contributed by atoms with Crippen LogP contribution in [-0.4, -0.2) is 57.2 Å². The zero-order chi connectivity index (χ0) is 16.4. The topological polar surface area (TPSA) is 78.0 Å². The molecule has 0 saturated carbocycles. The molecule has 0 radical (unpaired) electrons. The normalized spacial score (nSPS) is 15.5. The minimum absolute atomic E-state index is 0.0128. The summed E-state index contributed by atoms with van der Waals surface area (Å²) in [6.45, 7) is 2.98. The summed E-state index contributed by atoms with van der Waals surface area (Å²) in [5.74, 6) is 0.846. The van der Waals surface area contributed by atoms with E-state index in [2.05, 4.69) is 25.1 Å². The number of carbonyl (C=O) groups is 1. The molecule has 0 aromatic carbocycles. The van der Waals surface area contributed by atoms with Crippen molar-refractivity contribution < 1.29 is 4.79 Å². The molecule has 0 atom stereocenters. The summed E-state index contributed by atoms with van der Waals surface area (Å²) in [6, 6.07) is 7.61. The van der Waals surface area contributed by atoms with Crippen LogP contribution in [0.2, 0.25) is 0 Å². The van der Waals surface area contributed by atoms with Crippen LogP contribution in [-0.2, 0) is 0 Å². The van der Waals surface area contributed by atoms with Crippen molar-refractivity contribution in [2.75, 3.05) is 31.1 Å². The van der Waals surface area contributed by atoms with Gasteiger partial charge in [-0.3, -0.25) is 9.78 Å². The van der Waals surface area contributed by atoms with Crippen LogP contribution in [0.1, 0.15) is 16.9 Å². The van der Waals surface area contributed by atoms with Crippen LogP contribution < -0.4 is 4.90 Å². The van der Waals surface area contributed by atoms with Crippen molar-refractivity contribution in [1.29, 1.82) is 0 Å². The van der Waals surface area contributed by atoms with E-state index in [-0.39, 0.29) is 5.91 Å². The van der Waals surface area contributed by atoms with Crippen LogP contribution in [0.15, 0.2) is 42.9 Å². The summed E-state index contributed by atoms with van der Waals surface area (Å²) in [5, 5.41) is 8.97. The highest BCUT2D eigenvalue weighted by Gasteiger charge is 2.23. The summed E-state index contributed by atoms with van der Waals surface area (Å²) < 4.78 is 0. The second-order valence-corrected chi connectivity index (χ2v) is 5.81. The van der Waals surface area contributed by atoms with Crippen molar-refractivity contribution in [2.45, 2.75) is 6.42 Å². The number of rotatable bonds is 2. The first-order chi connectivity index (χ1) is 11.8. The van der Waals surface area contributed by atoms with Crippen LogP contribution in [0, 0.1) is 0 Å². The fraction of sp³-hybridized carbons (Fsp3) is 0.294. The number of anilines is 1. The molecule has 7 nitrogen and oxygen atoms in total. The van der Waals surface area contributed by atoms with Gasteiger partial charge < -0.3 is 14.8 Å². The molecule has 4 heterocycles. The van der Waals surface area contributed by atoms with Crippen LogP contribution >= 0.6 is 0 Å². The van der Waals surface area contributed by atoms with Gasteiger partial charge in [-0.05, 0) is 30.7 Å². The zero-order valence-electron chi connectivity index (χ0n) is 13.2. The second-order valence-electron chi connectivity index (χ2n) is 5.81. The number of hydrogen-bond acceptors (Lipinski definition) is 5. The first-order valence-corrected chi connectivity index (χ1v) is 8.07. The lowest BCUT2D eigenvalue weighted by molar-refractivity contribution is 0.0763. The monoisotopic (exact) mass is 322 g/mol. The predicted octanol–water partition coefficient (Wildman–Crippen LogP) is 1.71. The summed E-state index contributed by atoms with van der Waals surface area (Å²) >= 11 is 0. The fourth-order valence-electron chi connectivity index (χ4n) is 3.11. The van der Waals surface area contributed by atoms with E-state index >= 15 is 0 Å². The Morgan fingerprint density at radius 3 is 2.92 bits per heavy atom. The first kappa shape index (κ1) is 14.6. The third kappa shape index (κ3) is 2.68. The quantitative estimate of drug-likeness (QED) is 0.777. The molecule has 24 heavy (non-hydrogen) atoms. The van der Waals surface area contributed by atoms with Crippen molar-refractivity contribution >= 4 is 22.6 Å². The number of aromatic amines is 1. The largest absolute Gasteiger partial charge is 0.361 e. The number of carbonyl (C=O) groups excluding carboxylic acids is 1. The van der Waals surface area contributed by atoms with Crippen molar-refractivity contribution in [3.8, 4) is 0 Å². The van der Waals surface area contributed by atoms with E-state index in [1.54, 1.807) is 12.4 Å². The molecule has 0 spiro atoms. The number of pyridine rings is 1. The molecule has 0 aliphatic carbocycles. The maximum absolute atomic E-state index is 12.9. The molecule has 1 aliphatic rings. The lowest BCUT2D eigenvalue weighted by atomic mass is 10.2.